The van der Waals surface area contributed by atoms with Gasteiger partial charge in [-0.25, -0.2) is 0 Å². The van der Waals surface area contributed by atoms with Crippen molar-refractivity contribution in [1.82, 2.24) is 4.90 Å². The number of nitro groups is 1. The maximum absolute atomic E-state index is 12.5. The summed E-state index contributed by atoms with van der Waals surface area (Å²) in [6.45, 7) is 3.72. The van der Waals surface area contributed by atoms with Crippen molar-refractivity contribution in [3.05, 3.63) is 68.8 Å². The number of amides is 3. The first-order valence-electron chi connectivity index (χ1n) is 8.87. The molecule has 0 aromatic heterocycles. The number of aryl methyl sites for hydroxylation is 2. The Morgan fingerprint density at radius 3 is 2.54 bits per heavy atom. The number of rotatable bonds is 6. The molecule has 0 spiro atoms. The third-order valence-corrected chi connectivity index (χ3v) is 4.74. The number of fused-ring (bicyclic) bond motifs is 1. The van der Waals surface area contributed by atoms with Gasteiger partial charge in [0, 0.05) is 24.7 Å². The van der Waals surface area contributed by atoms with Crippen molar-refractivity contribution < 1.29 is 19.3 Å². The molecule has 0 radical (unpaired) electrons. The van der Waals surface area contributed by atoms with Crippen molar-refractivity contribution in [3.63, 3.8) is 0 Å². The van der Waals surface area contributed by atoms with Gasteiger partial charge in [0.1, 0.15) is 5.56 Å². The van der Waals surface area contributed by atoms with Crippen LogP contribution >= 0.6 is 0 Å². The van der Waals surface area contributed by atoms with E-state index in [2.05, 4.69) is 5.32 Å². The first kappa shape index (κ1) is 19.2. The second-order valence-corrected chi connectivity index (χ2v) is 6.48. The van der Waals surface area contributed by atoms with E-state index in [0.717, 1.165) is 28.1 Å². The lowest BCUT2D eigenvalue weighted by Crippen LogP contribution is -2.33. The Bertz CT molecular complexity index is 999. The average molecular weight is 381 g/mol. The van der Waals surface area contributed by atoms with E-state index in [-0.39, 0.29) is 30.0 Å². The molecule has 0 bridgehead atoms. The van der Waals surface area contributed by atoms with Gasteiger partial charge >= 0.3 is 0 Å². The molecule has 28 heavy (non-hydrogen) atoms. The third-order valence-electron chi connectivity index (χ3n) is 4.74. The van der Waals surface area contributed by atoms with E-state index in [1.807, 2.05) is 32.0 Å². The summed E-state index contributed by atoms with van der Waals surface area (Å²) in [5, 5.41) is 14.0. The number of nitro benzene ring substituents is 1. The van der Waals surface area contributed by atoms with Gasteiger partial charge in [0.2, 0.25) is 5.91 Å². The second kappa shape index (κ2) is 7.59. The Morgan fingerprint density at radius 2 is 1.86 bits per heavy atom. The van der Waals surface area contributed by atoms with Gasteiger partial charge in [-0.1, -0.05) is 31.2 Å². The van der Waals surface area contributed by atoms with E-state index >= 15 is 0 Å². The number of imide groups is 1. The van der Waals surface area contributed by atoms with Gasteiger partial charge in [0.15, 0.2) is 0 Å². The topological polar surface area (TPSA) is 110 Å². The molecule has 1 heterocycles. The average Bonchev–Trinajstić information content (AvgIpc) is 2.92. The highest BCUT2D eigenvalue weighted by Gasteiger charge is 2.40. The lowest BCUT2D eigenvalue weighted by molar-refractivity contribution is -0.385. The molecule has 0 unspecified atom stereocenters. The van der Waals surface area contributed by atoms with E-state index in [9.17, 15) is 24.5 Å². The molecule has 2 aromatic rings. The van der Waals surface area contributed by atoms with Crippen LogP contribution in [0.25, 0.3) is 0 Å². The van der Waals surface area contributed by atoms with Crippen molar-refractivity contribution >= 4 is 29.1 Å². The molecule has 3 amide bonds. The Morgan fingerprint density at radius 1 is 1.14 bits per heavy atom. The van der Waals surface area contributed by atoms with Gasteiger partial charge < -0.3 is 5.32 Å². The number of anilines is 1. The van der Waals surface area contributed by atoms with Crippen molar-refractivity contribution in [2.45, 2.75) is 26.7 Å². The van der Waals surface area contributed by atoms with Crippen LogP contribution in [0.1, 0.15) is 45.2 Å². The maximum Gasteiger partial charge on any atom is 0.282 e. The van der Waals surface area contributed by atoms with E-state index in [1.165, 1.54) is 18.2 Å². The van der Waals surface area contributed by atoms with Gasteiger partial charge in [-0.3, -0.25) is 29.4 Å². The van der Waals surface area contributed by atoms with E-state index in [4.69, 9.17) is 0 Å². The summed E-state index contributed by atoms with van der Waals surface area (Å²) < 4.78 is 0. The lowest BCUT2D eigenvalue weighted by Gasteiger charge is -2.15. The fraction of sp³-hybridized carbons (Fsp3) is 0.250. The first-order valence-corrected chi connectivity index (χ1v) is 8.87. The van der Waals surface area contributed by atoms with Gasteiger partial charge in [0.25, 0.3) is 17.5 Å². The summed E-state index contributed by atoms with van der Waals surface area (Å²) in [7, 11) is 0. The standard InChI is InChI=1S/C20H19N3O5/c1-3-13-7-4-6-12(2)18(13)21-16(24)10-11-22-19(25)14-8-5-9-15(23(27)28)17(14)20(22)26/h4-9H,3,10-11H2,1-2H3,(H,21,24). The molecule has 3 rings (SSSR count). The molecule has 0 saturated carbocycles. The third kappa shape index (κ3) is 3.36. The van der Waals surface area contributed by atoms with Crippen LogP contribution in [0.4, 0.5) is 11.4 Å². The zero-order chi connectivity index (χ0) is 20.4. The molecule has 2 aromatic carbocycles. The predicted octanol–water partition coefficient (Wildman–Crippen LogP) is 3.09. The number of hydrogen-bond acceptors (Lipinski definition) is 5. The van der Waals surface area contributed by atoms with Crippen LogP contribution in [0, 0.1) is 17.0 Å². The molecule has 0 fully saturated rings. The number of carbonyl (C=O) groups is 3. The van der Waals surface area contributed by atoms with E-state index in [0.29, 0.717) is 0 Å². The summed E-state index contributed by atoms with van der Waals surface area (Å²) in [6.07, 6.45) is 0.649. The molecule has 144 valence electrons. The molecule has 0 atom stereocenters. The highest BCUT2D eigenvalue weighted by atomic mass is 16.6. The number of hydrogen-bond donors (Lipinski definition) is 1. The normalized spacial score (nSPS) is 12.9. The largest absolute Gasteiger partial charge is 0.326 e. The van der Waals surface area contributed by atoms with Crippen LogP contribution in [0.15, 0.2) is 36.4 Å². The summed E-state index contributed by atoms with van der Waals surface area (Å²) in [4.78, 5) is 48.7. The molecule has 8 nitrogen and oxygen atoms in total. The number of para-hydroxylation sites is 1. The van der Waals surface area contributed by atoms with Crippen molar-refractivity contribution in [2.75, 3.05) is 11.9 Å². The Balaban J connectivity index is 1.73. The molecule has 1 aliphatic heterocycles. The van der Waals surface area contributed by atoms with Crippen LogP contribution in [0.2, 0.25) is 0 Å². The molecular weight excluding hydrogens is 362 g/mol. The predicted molar refractivity (Wildman–Crippen MR) is 102 cm³/mol. The summed E-state index contributed by atoms with van der Waals surface area (Å²) in [6, 6.07) is 9.65. The van der Waals surface area contributed by atoms with Gasteiger partial charge in [-0.05, 0) is 30.5 Å². The molecule has 0 saturated heterocycles. The molecule has 1 N–H and O–H groups in total. The smallest absolute Gasteiger partial charge is 0.282 e. The van der Waals surface area contributed by atoms with Crippen molar-refractivity contribution in [1.29, 1.82) is 0 Å². The van der Waals surface area contributed by atoms with Gasteiger partial charge in [0.05, 0.1) is 10.5 Å². The molecular formula is C20H19N3O5. The zero-order valence-corrected chi connectivity index (χ0v) is 15.5. The van der Waals surface area contributed by atoms with Gasteiger partial charge in [-0.15, -0.1) is 0 Å². The summed E-state index contributed by atoms with van der Waals surface area (Å²) in [5.41, 5.74) is 2.01. The zero-order valence-electron chi connectivity index (χ0n) is 15.5. The van der Waals surface area contributed by atoms with Crippen LogP contribution < -0.4 is 5.32 Å². The minimum atomic E-state index is -0.745. The Labute approximate surface area is 161 Å². The van der Waals surface area contributed by atoms with Crippen LogP contribution in [-0.2, 0) is 11.2 Å². The maximum atomic E-state index is 12.5. The fourth-order valence-electron chi connectivity index (χ4n) is 3.29. The summed E-state index contributed by atoms with van der Waals surface area (Å²) in [5.74, 6) is -1.71. The minimum Gasteiger partial charge on any atom is -0.326 e. The SMILES string of the molecule is CCc1cccc(C)c1NC(=O)CCN1C(=O)c2cccc([N+](=O)[O-])c2C1=O. The highest BCUT2D eigenvalue weighted by molar-refractivity contribution is 6.23. The second-order valence-electron chi connectivity index (χ2n) is 6.48. The van der Waals surface area contributed by atoms with Crippen LogP contribution in [0.3, 0.4) is 0 Å². The van der Waals surface area contributed by atoms with E-state index < -0.39 is 22.4 Å². The van der Waals surface area contributed by atoms with Crippen molar-refractivity contribution in [3.8, 4) is 0 Å². The quantitative estimate of drug-likeness (QED) is 0.470. The molecule has 8 heteroatoms. The number of nitrogens with zero attached hydrogens (tertiary/aromatic N) is 2. The Hall–Kier alpha value is -3.55. The van der Waals surface area contributed by atoms with E-state index in [1.54, 1.807) is 0 Å². The van der Waals surface area contributed by atoms with Crippen LogP contribution in [0.5, 0.6) is 0 Å². The Kier molecular flexibility index (Phi) is 5.21. The first-order chi connectivity index (χ1) is 13.3. The number of nitrogens with one attached hydrogen (secondary N) is 1. The monoisotopic (exact) mass is 381 g/mol. The molecule has 1 aliphatic rings. The minimum absolute atomic E-state index is 0.00761. The fourth-order valence-corrected chi connectivity index (χ4v) is 3.29. The van der Waals surface area contributed by atoms with Crippen LogP contribution in [-0.4, -0.2) is 34.1 Å². The lowest BCUT2D eigenvalue weighted by atomic mass is 10.1. The molecule has 0 aliphatic carbocycles. The van der Waals surface area contributed by atoms with Gasteiger partial charge in [-0.2, -0.15) is 0 Å². The van der Waals surface area contributed by atoms with Crippen molar-refractivity contribution in [2.24, 2.45) is 0 Å². The summed E-state index contributed by atoms with van der Waals surface area (Å²) >= 11 is 0. The number of benzene rings is 2. The highest BCUT2D eigenvalue weighted by Crippen LogP contribution is 2.30. The number of carbonyl (C=O) groups excluding carboxylic acids is 3.